The van der Waals surface area contributed by atoms with E-state index in [0.29, 0.717) is 0 Å². The van der Waals surface area contributed by atoms with Crippen LogP contribution in [-0.2, 0) is 5.75 Å². The first-order valence-corrected chi connectivity index (χ1v) is 6.39. The molecule has 3 heteroatoms. The van der Waals surface area contributed by atoms with Crippen LogP contribution in [-0.4, -0.2) is 42.4 Å². The number of hydrogen-bond acceptors (Lipinski definition) is 3. The monoisotopic (exact) mass is 222 g/mol. The van der Waals surface area contributed by atoms with E-state index in [9.17, 15) is 0 Å². The van der Waals surface area contributed by atoms with Gasteiger partial charge in [0, 0.05) is 31.9 Å². The predicted molar refractivity (Wildman–Crippen MR) is 66.8 cm³/mol. The van der Waals surface area contributed by atoms with Crippen LogP contribution in [0.2, 0.25) is 0 Å². The molecule has 0 spiro atoms. The molecule has 1 aromatic carbocycles. The lowest BCUT2D eigenvalue weighted by atomic mass is 10.2. The van der Waals surface area contributed by atoms with E-state index in [1.807, 2.05) is 11.9 Å². The number of nitrogens with zero attached hydrogens (tertiary/aromatic N) is 2. The maximum Gasteiger partial charge on any atom is 0.0332 e. The number of likely N-dealkylation sites (N-methyl/N-ethyl adjacent to an activating group) is 1. The van der Waals surface area contributed by atoms with E-state index in [1.54, 1.807) is 0 Å². The standard InChI is InChI=1S/C12H18N2S/c1-13-7-9-14(10-8-13)15-11-12-5-3-2-4-6-12/h2-6H,7-11H2,1H3. The smallest absolute Gasteiger partial charge is 0.0332 e. The van der Waals surface area contributed by atoms with E-state index in [2.05, 4.69) is 46.6 Å². The first-order valence-electron chi connectivity index (χ1n) is 5.45. The Labute approximate surface area is 96.4 Å². The van der Waals surface area contributed by atoms with Crippen molar-refractivity contribution in [1.29, 1.82) is 0 Å². The third-order valence-electron chi connectivity index (χ3n) is 2.72. The Morgan fingerprint density at radius 1 is 1.07 bits per heavy atom. The Morgan fingerprint density at radius 3 is 2.40 bits per heavy atom. The summed E-state index contributed by atoms with van der Waals surface area (Å²) in [6.45, 7) is 4.77. The lowest BCUT2D eigenvalue weighted by Crippen LogP contribution is -2.41. The summed E-state index contributed by atoms with van der Waals surface area (Å²) in [5, 5.41) is 0. The summed E-state index contributed by atoms with van der Waals surface area (Å²) in [7, 11) is 2.19. The van der Waals surface area contributed by atoms with Gasteiger partial charge in [-0.25, -0.2) is 4.31 Å². The molecule has 0 N–H and O–H groups in total. The van der Waals surface area contributed by atoms with Crippen LogP contribution in [0, 0.1) is 0 Å². The number of rotatable bonds is 3. The zero-order chi connectivity index (χ0) is 10.5. The van der Waals surface area contributed by atoms with Gasteiger partial charge in [0.15, 0.2) is 0 Å². The molecular formula is C12H18N2S. The Kier molecular flexibility index (Phi) is 4.06. The fraction of sp³-hybridized carbons (Fsp3) is 0.500. The second kappa shape index (κ2) is 5.54. The summed E-state index contributed by atoms with van der Waals surface area (Å²) < 4.78 is 2.48. The van der Waals surface area contributed by atoms with Crippen LogP contribution >= 0.6 is 11.9 Å². The van der Waals surface area contributed by atoms with E-state index in [0.717, 1.165) is 5.75 Å². The first kappa shape index (κ1) is 11.0. The molecule has 15 heavy (non-hydrogen) atoms. The second-order valence-corrected chi connectivity index (χ2v) is 5.05. The lowest BCUT2D eigenvalue weighted by Gasteiger charge is -2.31. The van der Waals surface area contributed by atoms with Gasteiger partial charge in [-0.3, -0.25) is 0 Å². The molecule has 2 nitrogen and oxygen atoms in total. The van der Waals surface area contributed by atoms with Crippen LogP contribution in [0.15, 0.2) is 30.3 Å². The molecule has 1 fully saturated rings. The Bertz CT molecular complexity index is 281. The van der Waals surface area contributed by atoms with Gasteiger partial charge >= 0.3 is 0 Å². The normalized spacial score (nSPS) is 19.3. The summed E-state index contributed by atoms with van der Waals surface area (Å²) in [5.74, 6) is 1.10. The summed E-state index contributed by atoms with van der Waals surface area (Å²) >= 11 is 1.96. The molecule has 1 saturated heterocycles. The minimum absolute atomic E-state index is 1.10. The quantitative estimate of drug-likeness (QED) is 0.723. The number of hydrogen-bond donors (Lipinski definition) is 0. The van der Waals surface area contributed by atoms with Gasteiger partial charge in [0.25, 0.3) is 0 Å². The third-order valence-corrected chi connectivity index (χ3v) is 3.91. The van der Waals surface area contributed by atoms with Crippen LogP contribution in [0.3, 0.4) is 0 Å². The van der Waals surface area contributed by atoms with Crippen LogP contribution in [0.1, 0.15) is 5.56 Å². The maximum atomic E-state index is 2.48. The molecular weight excluding hydrogens is 204 g/mol. The molecule has 0 radical (unpaired) electrons. The molecule has 2 rings (SSSR count). The molecule has 1 aliphatic rings. The molecule has 0 unspecified atom stereocenters. The Balaban J connectivity index is 1.74. The molecule has 1 heterocycles. The van der Waals surface area contributed by atoms with Crippen molar-refractivity contribution < 1.29 is 0 Å². The molecule has 1 aliphatic heterocycles. The van der Waals surface area contributed by atoms with Gasteiger partial charge in [0.2, 0.25) is 0 Å². The van der Waals surface area contributed by atoms with Gasteiger partial charge in [0.1, 0.15) is 0 Å². The molecule has 0 saturated carbocycles. The molecule has 1 aromatic rings. The average Bonchev–Trinajstić information content (AvgIpc) is 2.30. The highest BCUT2D eigenvalue weighted by atomic mass is 32.2. The third kappa shape index (κ3) is 3.52. The van der Waals surface area contributed by atoms with Crippen molar-refractivity contribution in [3.8, 4) is 0 Å². The fourth-order valence-corrected chi connectivity index (χ4v) is 2.60. The Hall–Kier alpha value is -0.510. The van der Waals surface area contributed by atoms with Gasteiger partial charge in [-0.05, 0) is 12.6 Å². The fourth-order valence-electron chi connectivity index (χ4n) is 1.66. The molecule has 0 aromatic heterocycles. The number of benzene rings is 1. The second-order valence-electron chi connectivity index (χ2n) is 3.99. The van der Waals surface area contributed by atoms with E-state index >= 15 is 0 Å². The van der Waals surface area contributed by atoms with Crippen LogP contribution < -0.4 is 0 Å². The van der Waals surface area contributed by atoms with Crippen LogP contribution in [0.5, 0.6) is 0 Å². The van der Waals surface area contributed by atoms with Gasteiger partial charge in [-0.15, -0.1) is 0 Å². The van der Waals surface area contributed by atoms with Crippen LogP contribution in [0.4, 0.5) is 0 Å². The SMILES string of the molecule is CN1CCN(SCc2ccccc2)CC1. The summed E-state index contributed by atoms with van der Waals surface area (Å²) in [6.07, 6.45) is 0. The van der Waals surface area contributed by atoms with E-state index in [4.69, 9.17) is 0 Å². The van der Waals surface area contributed by atoms with Gasteiger partial charge in [-0.2, -0.15) is 0 Å². The van der Waals surface area contributed by atoms with Gasteiger partial charge in [-0.1, -0.05) is 42.3 Å². The highest BCUT2D eigenvalue weighted by molar-refractivity contribution is 7.96. The summed E-state index contributed by atoms with van der Waals surface area (Å²) in [4.78, 5) is 2.39. The average molecular weight is 222 g/mol. The van der Waals surface area contributed by atoms with E-state index in [-0.39, 0.29) is 0 Å². The molecule has 82 valence electrons. The highest BCUT2D eigenvalue weighted by Crippen LogP contribution is 2.18. The highest BCUT2D eigenvalue weighted by Gasteiger charge is 2.13. The zero-order valence-electron chi connectivity index (χ0n) is 9.22. The van der Waals surface area contributed by atoms with Crippen molar-refractivity contribution in [3.05, 3.63) is 35.9 Å². The summed E-state index contributed by atoms with van der Waals surface area (Å²) in [5.41, 5.74) is 1.42. The minimum Gasteiger partial charge on any atom is -0.304 e. The number of piperazine rings is 1. The zero-order valence-corrected chi connectivity index (χ0v) is 10.0. The topological polar surface area (TPSA) is 6.48 Å². The molecule has 0 atom stereocenters. The largest absolute Gasteiger partial charge is 0.304 e. The van der Waals surface area contributed by atoms with Crippen molar-refractivity contribution in [2.75, 3.05) is 33.2 Å². The van der Waals surface area contributed by atoms with Crippen molar-refractivity contribution in [2.24, 2.45) is 0 Å². The van der Waals surface area contributed by atoms with Crippen molar-refractivity contribution >= 4 is 11.9 Å². The van der Waals surface area contributed by atoms with E-state index < -0.39 is 0 Å². The lowest BCUT2D eigenvalue weighted by molar-refractivity contribution is 0.233. The minimum atomic E-state index is 1.10. The molecule has 0 bridgehead atoms. The summed E-state index contributed by atoms with van der Waals surface area (Å²) in [6, 6.07) is 10.7. The first-order chi connectivity index (χ1) is 7.34. The van der Waals surface area contributed by atoms with Gasteiger partial charge < -0.3 is 4.90 Å². The van der Waals surface area contributed by atoms with Crippen molar-refractivity contribution in [2.45, 2.75) is 5.75 Å². The van der Waals surface area contributed by atoms with E-state index in [1.165, 1.54) is 31.7 Å². The maximum absolute atomic E-state index is 2.48. The molecule has 0 aliphatic carbocycles. The Morgan fingerprint density at radius 2 is 1.73 bits per heavy atom. The predicted octanol–water partition coefficient (Wildman–Crippen LogP) is 2.08. The molecule has 0 amide bonds. The van der Waals surface area contributed by atoms with Crippen molar-refractivity contribution in [1.82, 2.24) is 9.21 Å². The van der Waals surface area contributed by atoms with Gasteiger partial charge in [0.05, 0.1) is 0 Å². The van der Waals surface area contributed by atoms with Crippen LogP contribution in [0.25, 0.3) is 0 Å². The van der Waals surface area contributed by atoms with Crippen molar-refractivity contribution in [3.63, 3.8) is 0 Å².